The second kappa shape index (κ2) is 8.80. The van der Waals surface area contributed by atoms with Crippen molar-refractivity contribution in [3.8, 4) is 11.4 Å². The zero-order chi connectivity index (χ0) is 22.8. The summed E-state index contributed by atoms with van der Waals surface area (Å²) in [7, 11) is 1.61. The van der Waals surface area contributed by atoms with Crippen molar-refractivity contribution < 1.29 is 14.3 Å². The van der Waals surface area contributed by atoms with Crippen molar-refractivity contribution >= 4 is 39.7 Å². The van der Waals surface area contributed by atoms with E-state index in [4.69, 9.17) is 9.47 Å². The van der Waals surface area contributed by atoms with Crippen LogP contribution in [0.15, 0.2) is 35.5 Å². The number of nitrogens with one attached hydrogen (secondary N) is 1. The van der Waals surface area contributed by atoms with E-state index in [-0.39, 0.29) is 12.2 Å². The molecule has 164 valence electrons. The number of hydrogen-bond acceptors (Lipinski definition) is 7. The number of ether oxygens (including phenoxy) is 2. The molecule has 0 amide bonds. The van der Waals surface area contributed by atoms with Crippen LogP contribution < -0.4 is 10.3 Å². The predicted molar refractivity (Wildman–Crippen MR) is 125 cm³/mol. The molecular weight excluding hydrogens is 428 g/mol. The molecule has 4 rings (SSSR count). The van der Waals surface area contributed by atoms with E-state index in [0.717, 1.165) is 28.3 Å². The lowest BCUT2D eigenvalue weighted by atomic mass is 10.1. The number of thiophene rings is 1. The second-order valence-electron chi connectivity index (χ2n) is 7.09. The number of aromatic amines is 1. The summed E-state index contributed by atoms with van der Waals surface area (Å²) in [6.45, 7) is 5.67. The Morgan fingerprint density at radius 3 is 2.78 bits per heavy atom. The van der Waals surface area contributed by atoms with Crippen molar-refractivity contribution in [1.82, 2.24) is 19.5 Å². The van der Waals surface area contributed by atoms with E-state index in [1.54, 1.807) is 33.4 Å². The van der Waals surface area contributed by atoms with E-state index in [2.05, 4.69) is 15.0 Å². The molecular formula is C23H22N4O4S. The van der Waals surface area contributed by atoms with Gasteiger partial charge in [-0.25, -0.2) is 14.8 Å². The molecule has 0 radical (unpaired) electrons. The van der Waals surface area contributed by atoms with Gasteiger partial charge in [-0.15, -0.1) is 11.3 Å². The van der Waals surface area contributed by atoms with E-state index in [0.29, 0.717) is 32.2 Å². The standard InChI is InChI=1S/C23H22N4O4S/c1-5-31-23(29)20-14(3)19-21(28)25-18(26-22(19)32-20)9-7-15-6-8-16(17(10-15)30-4)27-11-13(2)24-12-27/h6-12H,5H2,1-4H3,(H,25,26,28). The van der Waals surface area contributed by atoms with Gasteiger partial charge in [-0.1, -0.05) is 12.1 Å². The van der Waals surface area contributed by atoms with Crippen molar-refractivity contribution in [1.29, 1.82) is 0 Å². The Balaban J connectivity index is 1.66. The molecule has 8 nitrogen and oxygen atoms in total. The molecule has 0 aliphatic heterocycles. The number of esters is 1. The van der Waals surface area contributed by atoms with E-state index in [1.165, 1.54) is 0 Å². The Morgan fingerprint density at radius 1 is 1.28 bits per heavy atom. The maximum atomic E-state index is 12.6. The highest BCUT2D eigenvalue weighted by Gasteiger charge is 2.19. The number of methoxy groups -OCH3 is 1. The fraction of sp³-hybridized carbons (Fsp3) is 0.217. The zero-order valence-electron chi connectivity index (χ0n) is 18.1. The number of imidazole rings is 1. The first kappa shape index (κ1) is 21.5. The summed E-state index contributed by atoms with van der Waals surface area (Å²) in [5.41, 5.74) is 2.96. The molecule has 0 saturated heterocycles. The van der Waals surface area contributed by atoms with Gasteiger partial charge in [0.25, 0.3) is 5.56 Å². The van der Waals surface area contributed by atoms with Gasteiger partial charge in [0.15, 0.2) is 0 Å². The van der Waals surface area contributed by atoms with Crippen molar-refractivity contribution in [2.75, 3.05) is 13.7 Å². The molecule has 0 fully saturated rings. The smallest absolute Gasteiger partial charge is 0.348 e. The monoisotopic (exact) mass is 450 g/mol. The normalized spacial score (nSPS) is 11.4. The van der Waals surface area contributed by atoms with Crippen LogP contribution in [0.3, 0.4) is 0 Å². The van der Waals surface area contributed by atoms with Crippen LogP contribution in [0.25, 0.3) is 28.1 Å². The van der Waals surface area contributed by atoms with E-state index in [9.17, 15) is 9.59 Å². The molecule has 0 saturated carbocycles. The first-order chi connectivity index (χ1) is 15.4. The van der Waals surface area contributed by atoms with Gasteiger partial charge in [-0.2, -0.15) is 0 Å². The number of hydrogen-bond donors (Lipinski definition) is 1. The van der Waals surface area contributed by atoms with Crippen LogP contribution in [0.4, 0.5) is 0 Å². The van der Waals surface area contributed by atoms with Crippen LogP contribution in [0.5, 0.6) is 5.75 Å². The Bertz CT molecular complexity index is 1400. The number of carbonyl (C=O) groups excluding carboxylic acids is 1. The largest absolute Gasteiger partial charge is 0.495 e. The Morgan fingerprint density at radius 2 is 2.09 bits per heavy atom. The summed E-state index contributed by atoms with van der Waals surface area (Å²) in [5.74, 6) is 0.645. The van der Waals surface area contributed by atoms with Crippen molar-refractivity contribution in [2.45, 2.75) is 20.8 Å². The van der Waals surface area contributed by atoms with Gasteiger partial charge in [0.1, 0.15) is 21.3 Å². The molecule has 0 unspecified atom stereocenters. The van der Waals surface area contributed by atoms with Gasteiger partial charge < -0.3 is 19.0 Å². The van der Waals surface area contributed by atoms with Crippen molar-refractivity contribution in [2.24, 2.45) is 0 Å². The number of aryl methyl sites for hydroxylation is 2. The average Bonchev–Trinajstić information content (AvgIpc) is 3.35. The molecule has 3 heterocycles. The van der Waals surface area contributed by atoms with Gasteiger partial charge >= 0.3 is 5.97 Å². The third-order valence-corrected chi connectivity index (χ3v) is 6.07. The predicted octanol–water partition coefficient (Wildman–Crippen LogP) is 4.14. The van der Waals surface area contributed by atoms with Crippen LogP contribution in [0.1, 0.15) is 39.2 Å². The molecule has 9 heteroatoms. The van der Waals surface area contributed by atoms with Crippen LogP contribution in [-0.2, 0) is 4.74 Å². The van der Waals surface area contributed by atoms with Crippen LogP contribution in [-0.4, -0.2) is 39.2 Å². The zero-order valence-corrected chi connectivity index (χ0v) is 18.9. The van der Waals surface area contributed by atoms with Gasteiger partial charge in [0.05, 0.1) is 36.8 Å². The number of aromatic nitrogens is 4. The van der Waals surface area contributed by atoms with E-state index in [1.807, 2.05) is 42.0 Å². The molecule has 3 aromatic heterocycles. The van der Waals surface area contributed by atoms with E-state index >= 15 is 0 Å². The topological polar surface area (TPSA) is 99.1 Å². The lowest BCUT2D eigenvalue weighted by Gasteiger charge is -2.09. The summed E-state index contributed by atoms with van der Waals surface area (Å²) in [4.78, 5) is 37.2. The highest BCUT2D eigenvalue weighted by Crippen LogP contribution is 2.28. The third kappa shape index (κ3) is 4.06. The Kier molecular flexibility index (Phi) is 5.91. The summed E-state index contributed by atoms with van der Waals surface area (Å²) in [6, 6.07) is 5.77. The molecule has 1 N–H and O–H groups in total. The van der Waals surface area contributed by atoms with Crippen LogP contribution in [0, 0.1) is 13.8 Å². The van der Waals surface area contributed by atoms with Gasteiger partial charge in [-0.05, 0) is 50.1 Å². The summed E-state index contributed by atoms with van der Waals surface area (Å²) < 4.78 is 12.5. The number of H-pyrrole nitrogens is 1. The maximum absolute atomic E-state index is 12.6. The number of benzene rings is 1. The second-order valence-corrected chi connectivity index (χ2v) is 8.09. The maximum Gasteiger partial charge on any atom is 0.348 e. The quantitative estimate of drug-likeness (QED) is 0.443. The Labute approximate surface area is 188 Å². The SMILES string of the molecule is CCOC(=O)c1sc2nc(C=Cc3ccc(-n4cnc(C)c4)c(OC)c3)[nH]c(=O)c2c1C. The van der Waals surface area contributed by atoms with Crippen molar-refractivity contribution in [3.05, 3.63) is 68.6 Å². The number of fused-ring (bicyclic) bond motifs is 1. The first-order valence-corrected chi connectivity index (χ1v) is 10.8. The fourth-order valence-corrected chi connectivity index (χ4v) is 4.45. The van der Waals surface area contributed by atoms with Gasteiger partial charge in [0.2, 0.25) is 0 Å². The molecule has 0 atom stereocenters. The minimum atomic E-state index is -0.440. The van der Waals surface area contributed by atoms with Gasteiger partial charge in [-0.3, -0.25) is 4.79 Å². The van der Waals surface area contributed by atoms with Crippen LogP contribution in [0.2, 0.25) is 0 Å². The first-order valence-electron chi connectivity index (χ1n) is 9.99. The Hall–Kier alpha value is -3.72. The molecule has 4 aromatic rings. The van der Waals surface area contributed by atoms with Crippen LogP contribution >= 0.6 is 11.3 Å². The lowest BCUT2D eigenvalue weighted by molar-refractivity contribution is 0.0531. The minimum Gasteiger partial charge on any atom is -0.495 e. The molecule has 1 aromatic carbocycles. The molecule has 32 heavy (non-hydrogen) atoms. The molecule has 0 spiro atoms. The molecule has 0 bridgehead atoms. The highest BCUT2D eigenvalue weighted by molar-refractivity contribution is 7.20. The number of nitrogens with zero attached hydrogens (tertiary/aromatic N) is 3. The third-order valence-electron chi connectivity index (χ3n) is 4.91. The number of carbonyl (C=O) groups is 1. The highest BCUT2D eigenvalue weighted by atomic mass is 32.1. The van der Waals surface area contributed by atoms with Gasteiger partial charge in [0, 0.05) is 6.20 Å². The number of rotatable bonds is 6. The average molecular weight is 451 g/mol. The summed E-state index contributed by atoms with van der Waals surface area (Å²) in [6.07, 6.45) is 7.21. The van der Waals surface area contributed by atoms with Crippen molar-refractivity contribution in [3.63, 3.8) is 0 Å². The fourth-order valence-electron chi connectivity index (χ4n) is 3.37. The molecule has 0 aliphatic rings. The minimum absolute atomic E-state index is 0.271. The summed E-state index contributed by atoms with van der Waals surface area (Å²) in [5, 5.41) is 0.414. The summed E-state index contributed by atoms with van der Waals surface area (Å²) >= 11 is 1.16. The lowest BCUT2D eigenvalue weighted by Crippen LogP contribution is -2.10. The molecule has 0 aliphatic carbocycles. The van der Waals surface area contributed by atoms with E-state index < -0.39 is 5.97 Å².